The summed E-state index contributed by atoms with van der Waals surface area (Å²) >= 11 is 0. The van der Waals surface area contributed by atoms with Crippen molar-refractivity contribution in [3.05, 3.63) is 12.3 Å². The molecule has 1 fully saturated rings. The van der Waals surface area contributed by atoms with Crippen molar-refractivity contribution >= 4 is 8.07 Å². The zero-order valence-electron chi connectivity index (χ0n) is 14.8. The molecule has 0 radical (unpaired) electrons. The summed E-state index contributed by atoms with van der Waals surface area (Å²) in [6, 6.07) is 2.89. The number of nitrogens with zero attached hydrogens (tertiary/aromatic N) is 1. The van der Waals surface area contributed by atoms with E-state index in [1.165, 1.54) is 95.6 Å². The van der Waals surface area contributed by atoms with Gasteiger partial charge < -0.3 is 4.90 Å². The van der Waals surface area contributed by atoms with Gasteiger partial charge in [0.15, 0.2) is 0 Å². The minimum Gasteiger partial charge on any atom is -0.306 e. The van der Waals surface area contributed by atoms with Crippen LogP contribution in [0, 0.1) is 0 Å². The molecule has 0 bridgehead atoms. The van der Waals surface area contributed by atoms with Crippen molar-refractivity contribution < 1.29 is 0 Å². The molecule has 1 rings (SSSR count). The fourth-order valence-corrected chi connectivity index (χ4v) is 8.30. The van der Waals surface area contributed by atoms with E-state index in [0.717, 1.165) is 0 Å². The Morgan fingerprint density at radius 3 is 1.62 bits per heavy atom. The van der Waals surface area contributed by atoms with Gasteiger partial charge in [-0.05, 0) is 32.1 Å². The zero-order valence-corrected chi connectivity index (χ0v) is 15.8. The summed E-state index contributed by atoms with van der Waals surface area (Å²) in [5.41, 5.74) is 2.42. The van der Waals surface area contributed by atoms with Crippen molar-refractivity contribution in [1.29, 1.82) is 0 Å². The third-order valence-corrected chi connectivity index (χ3v) is 10.1. The molecular weight excluding hydrogens is 270 g/mol. The highest BCUT2D eigenvalue weighted by molar-refractivity contribution is 6.84. The lowest BCUT2D eigenvalue weighted by Crippen LogP contribution is -2.46. The maximum atomic E-state index is 4.26. The molecule has 0 saturated carbocycles. The third kappa shape index (κ3) is 7.65. The lowest BCUT2D eigenvalue weighted by atomic mass is 10.1. The number of hydrogen-bond acceptors (Lipinski definition) is 1. The monoisotopic (exact) mass is 309 g/mol. The van der Waals surface area contributed by atoms with Gasteiger partial charge in [-0.15, -0.1) is 12.3 Å². The van der Waals surface area contributed by atoms with Crippen LogP contribution in [0.2, 0.25) is 12.1 Å². The minimum absolute atomic E-state index is 1.25. The van der Waals surface area contributed by atoms with Gasteiger partial charge >= 0.3 is 0 Å². The maximum Gasteiger partial charge on any atom is 0.0915 e. The van der Waals surface area contributed by atoms with Crippen molar-refractivity contribution in [1.82, 2.24) is 4.90 Å². The summed E-state index contributed by atoms with van der Waals surface area (Å²) in [6.45, 7) is 11.7. The molecule has 0 amide bonds. The second kappa shape index (κ2) is 11.5. The molecule has 0 aromatic heterocycles. The Morgan fingerprint density at radius 2 is 1.24 bits per heavy atom. The van der Waals surface area contributed by atoms with Crippen molar-refractivity contribution in [2.24, 2.45) is 0 Å². The first-order chi connectivity index (χ1) is 10.3. The highest BCUT2D eigenvalue weighted by Crippen LogP contribution is 2.23. The molecule has 21 heavy (non-hydrogen) atoms. The lowest BCUT2D eigenvalue weighted by molar-refractivity contribution is 0.298. The summed E-state index contributed by atoms with van der Waals surface area (Å²) < 4.78 is 0. The smallest absolute Gasteiger partial charge is 0.0915 e. The second-order valence-corrected chi connectivity index (χ2v) is 11.6. The summed E-state index contributed by atoms with van der Waals surface area (Å²) in [7, 11) is -1.25. The maximum absolute atomic E-state index is 4.26. The van der Waals surface area contributed by atoms with Gasteiger partial charge in [-0.2, -0.15) is 0 Å². The first-order valence-electron chi connectivity index (χ1n) is 9.62. The van der Waals surface area contributed by atoms with Crippen LogP contribution in [0.15, 0.2) is 12.3 Å². The first-order valence-corrected chi connectivity index (χ1v) is 12.3. The molecule has 0 spiro atoms. The van der Waals surface area contributed by atoms with E-state index in [2.05, 4.69) is 31.0 Å². The van der Waals surface area contributed by atoms with Crippen molar-refractivity contribution in [2.75, 3.05) is 19.3 Å². The van der Waals surface area contributed by atoms with Crippen LogP contribution in [0.4, 0.5) is 0 Å². The molecule has 0 N–H and O–H groups in total. The Labute approximate surface area is 135 Å². The van der Waals surface area contributed by atoms with E-state index >= 15 is 0 Å². The van der Waals surface area contributed by atoms with Crippen molar-refractivity contribution in [3.63, 3.8) is 0 Å². The molecule has 1 saturated heterocycles. The van der Waals surface area contributed by atoms with E-state index in [0.29, 0.717) is 0 Å². The average molecular weight is 310 g/mol. The molecule has 1 nitrogen and oxygen atoms in total. The molecule has 0 aromatic carbocycles. The average Bonchev–Trinajstić information content (AvgIpc) is 2.54. The predicted molar refractivity (Wildman–Crippen MR) is 99.5 cm³/mol. The van der Waals surface area contributed by atoms with Gasteiger partial charge in [-0.25, -0.2) is 0 Å². The molecule has 2 heteroatoms. The van der Waals surface area contributed by atoms with Crippen LogP contribution in [0.25, 0.3) is 0 Å². The lowest BCUT2D eigenvalue weighted by Gasteiger charge is -2.34. The van der Waals surface area contributed by atoms with Crippen LogP contribution in [0.3, 0.4) is 0 Å². The van der Waals surface area contributed by atoms with Crippen LogP contribution >= 0.6 is 0 Å². The first kappa shape index (κ1) is 19.0. The van der Waals surface area contributed by atoms with E-state index in [4.69, 9.17) is 0 Å². The Hall–Kier alpha value is -0.0831. The minimum atomic E-state index is -1.25. The van der Waals surface area contributed by atoms with E-state index in [1.54, 1.807) is 0 Å². The Bertz CT molecular complexity index is 246. The van der Waals surface area contributed by atoms with E-state index < -0.39 is 8.07 Å². The fourth-order valence-electron chi connectivity index (χ4n) is 3.99. The molecule has 1 heterocycles. The van der Waals surface area contributed by atoms with Crippen LogP contribution in [-0.2, 0) is 0 Å². The molecular formula is C19H39NSi. The number of hydrogen-bond donors (Lipinski definition) is 0. The van der Waals surface area contributed by atoms with Gasteiger partial charge in [-0.1, -0.05) is 77.3 Å². The zero-order chi connectivity index (χ0) is 15.4. The standard InChI is InChI=1S/C19H39NSi/c1-4-17-21(6-3,18-5-2)19-20-15-13-11-9-7-8-10-12-14-16-20/h6H,3-5,7-19H2,1-2H3. The Morgan fingerprint density at radius 1 is 0.810 bits per heavy atom. The molecule has 0 aliphatic carbocycles. The molecule has 0 aromatic rings. The summed E-state index contributed by atoms with van der Waals surface area (Å²) in [5.74, 6) is 0. The quantitative estimate of drug-likeness (QED) is 0.525. The van der Waals surface area contributed by atoms with Crippen LogP contribution in [0.1, 0.15) is 78.1 Å². The van der Waals surface area contributed by atoms with Gasteiger partial charge in [0.25, 0.3) is 0 Å². The van der Waals surface area contributed by atoms with Crippen molar-refractivity contribution in [3.8, 4) is 0 Å². The van der Waals surface area contributed by atoms with Gasteiger partial charge in [0.05, 0.1) is 8.07 Å². The predicted octanol–water partition coefficient (Wildman–Crippen LogP) is 5.96. The van der Waals surface area contributed by atoms with Crippen LogP contribution in [-0.4, -0.2) is 32.2 Å². The molecule has 0 unspecified atom stereocenters. The third-order valence-electron chi connectivity index (χ3n) is 5.17. The van der Waals surface area contributed by atoms with E-state index in [1.807, 2.05) is 0 Å². The summed E-state index contributed by atoms with van der Waals surface area (Å²) in [6.07, 6.45) is 15.6. The summed E-state index contributed by atoms with van der Waals surface area (Å²) in [5, 5.41) is 0. The molecule has 1 aliphatic rings. The van der Waals surface area contributed by atoms with Crippen LogP contribution < -0.4 is 0 Å². The van der Waals surface area contributed by atoms with Crippen molar-refractivity contribution in [2.45, 2.75) is 90.1 Å². The highest BCUT2D eigenvalue weighted by Gasteiger charge is 2.29. The highest BCUT2D eigenvalue weighted by atomic mass is 28.3. The normalized spacial score (nSPS) is 19.9. The van der Waals surface area contributed by atoms with E-state index in [9.17, 15) is 0 Å². The molecule has 124 valence electrons. The summed E-state index contributed by atoms with van der Waals surface area (Å²) in [4.78, 5) is 2.82. The molecule has 1 aliphatic heterocycles. The SMILES string of the molecule is C=C[Si](CCC)(CCC)CN1CCCCCCCCCC1. The Balaban J connectivity index is 2.60. The van der Waals surface area contributed by atoms with Gasteiger partial charge in [0.1, 0.15) is 0 Å². The molecule has 0 atom stereocenters. The number of rotatable bonds is 7. The van der Waals surface area contributed by atoms with Gasteiger partial charge in [-0.3, -0.25) is 0 Å². The Kier molecular flexibility index (Phi) is 10.4. The van der Waals surface area contributed by atoms with Gasteiger partial charge in [0.2, 0.25) is 0 Å². The van der Waals surface area contributed by atoms with Crippen LogP contribution in [0.5, 0.6) is 0 Å². The topological polar surface area (TPSA) is 3.24 Å². The second-order valence-electron chi connectivity index (χ2n) is 7.17. The van der Waals surface area contributed by atoms with Gasteiger partial charge in [0, 0.05) is 0 Å². The fraction of sp³-hybridized carbons (Fsp3) is 0.895. The largest absolute Gasteiger partial charge is 0.306 e. The van der Waals surface area contributed by atoms with E-state index in [-0.39, 0.29) is 0 Å².